The molecule has 2 saturated heterocycles. The van der Waals surface area contributed by atoms with Crippen LogP contribution in [0, 0.1) is 0 Å². The maximum atomic E-state index is 11.6. The summed E-state index contributed by atoms with van der Waals surface area (Å²) < 4.78 is 4.98. The van der Waals surface area contributed by atoms with Gasteiger partial charge in [0.05, 0.1) is 6.54 Å². The first-order chi connectivity index (χ1) is 9.72. The van der Waals surface area contributed by atoms with Crippen molar-refractivity contribution in [2.24, 2.45) is 0 Å². The van der Waals surface area contributed by atoms with Gasteiger partial charge in [-0.25, -0.2) is 4.79 Å². The van der Waals surface area contributed by atoms with Gasteiger partial charge in [0.1, 0.15) is 6.61 Å². The van der Waals surface area contributed by atoms with E-state index in [0.29, 0.717) is 19.2 Å². The second kappa shape index (κ2) is 5.71. The van der Waals surface area contributed by atoms with Gasteiger partial charge in [0.15, 0.2) is 0 Å². The molecule has 108 valence electrons. The predicted molar refractivity (Wildman–Crippen MR) is 79.3 cm³/mol. The van der Waals surface area contributed by atoms with Gasteiger partial charge in [-0.1, -0.05) is 6.07 Å². The lowest BCUT2D eigenvalue weighted by Crippen LogP contribution is -2.39. The highest BCUT2D eigenvalue weighted by atomic mass is 16.6. The molecule has 0 radical (unpaired) electrons. The van der Waals surface area contributed by atoms with Crippen LogP contribution in [0.5, 0.6) is 0 Å². The Morgan fingerprint density at radius 3 is 3.00 bits per heavy atom. The molecule has 2 heterocycles. The first-order valence-electron chi connectivity index (χ1n) is 7.22. The van der Waals surface area contributed by atoms with E-state index < -0.39 is 0 Å². The summed E-state index contributed by atoms with van der Waals surface area (Å²) in [7, 11) is 2.16. The quantitative estimate of drug-likeness (QED) is 0.918. The first kappa shape index (κ1) is 13.2. The molecule has 2 aliphatic rings. The molecule has 0 aliphatic carbocycles. The fraction of sp³-hybridized carbons (Fsp3) is 0.533. The summed E-state index contributed by atoms with van der Waals surface area (Å²) in [5, 5.41) is 3.57. The van der Waals surface area contributed by atoms with Gasteiger partial charge in [-0.3, -0.25) is 4.90 Å². The molecule has 1 aromatic rings. The van der Waals surface area contributed by atoms with Crippen LogP contribution in [0.15, 0.2) is 24.3 Å². The minimum Gasteiger partial charge on any atom is -0.447 e. The molecule has 3 rings (SSSR count). The minimum atomic E-state index is -0.250. The number of hydrogen-bond acceptors (Lipinski definition) is 4. The molecule has 0 bridgehead atoms. The second-order valence-corrected chi connectivity index (χ2v) is 5.56. The van der Waals surface area contributed by atoms with E-state index in [1.54, 1.807) is 4.90 Å². The van der Waals surface area contributed by atoms with Crippen molar-refractivity contribution >= 4 is 17.5 Å². The normalized spacial score (nSPS) is 23.8. The number of piperidine rings is 1. The SMILES string of the molecule is CN1CCCC(Nc2cccc(N3CCOC3=O)c2)C1. The van der Waals surface area contributed by atoms with E-state index in [-0.39, 0.29) is 6.09 Å². The number of carbonyl (C=O) groups is 1. The lowest BCUT2D eigenvalue weighted by molar-refractivity contribution is 0.181. The van der Waals surface area contributed by atoms with E-state index in [9.17, 15) is 4.79 Å². The maximum absolute atomic E-state index is 11.6. The summed E-state index contributed by atoms with van der Waals surface area (Å²) >= 11 is 0. The number of nitrogens with one attached hydrogen (secondary N) is 1. The number of cyclic esters (lactones) is 1. The van der Waals surface area contributed by atoms with Crippen LogP contribution in [-0.4, -0.2) is 50.3 Å². The number of amides is 1. The molecule has 2 fully saturated rings. The molecular formula is C15H21N3O2. The Bertz CT molecular complexity index is 492. The standard InChI is InChI=1S/C15H21N3O2/c1-17-7-3-5-13(11-17)16-12-4-2-6-14(10-12)18-8-9-20-15(18)19/h2,4,6,10,13,16H,3,5,7-9,11H2,1H3. The Morgan fingerprint density at radius 2 is 2.25 bits per heavy atom. The van der Waals surface area contributed by atoms with Crippen molar-refractivity contribution < 1.29 is 9.53 Å². The zero-order valence-electron chi connectivity index (χ0n) is 11.8. The number of rotatable bonds is 3. The van der Waals surface area contributed by atoms with E-state index in [1.165, 1.54) is 19.4 Å². The molecule has 0 spiro atoms. The summed E-state index contributed by atoms with van der Waals surface area (Å²) in [5.74, 6) is 0. The van der Waals surface area contributed by atoms with E-state index in [2.05, 4.69) is 23.3 Å². The summed E-state index contributed by atoms with van der Waals surface area (Å²) in [6, 6.07) is 8.50. The number of nitrogens with zero attached hydrogens (tertiary/aromatic N) is 2. The zero-order chi connectivity index (χ0) is 13.9. The Hall–Kier alpha value is -1.75. The van der Waals surface area contributed by atoms with Crippen molar-refractivity contribution in [1.82, 2.24) is 4.90 Å². The Morgan fingerprint density at radius 1 is 1.35 bits per heavy atom. The molecule has 0 aromatic heterocycles. The second-order valence-electron chi connectivity index (χ2n) is 5.56. The van der Waals surface area contributed by atoms with Gasteiger partial charge >= 0.3 is 6.09 Å². The number of carbonyl (C=O) groups excluding carboxylic acids is 1. The topological polar surface area (TPSA) is 44.8 Å². The van der Waals surface area contributed by atoms with E-state index in [1.807, 2.05) is 18.2 Å². The van der Waals surface area contributed by atoms with Crippen LogP contribution in [0.2, 0.25) is 0 Å². The van der Waals surface area contributed by atoms with E-state index in [0.717, 1.165) is 17.9 Å². The van der Waals surface area contributed by atoms with Gasteiger partial charge < -0.3 is 15.0 Å². The van der Waals surface area contributed by atoms with E-state index in [4.69, 9.17) is 4.74 Å². The van der Waals surface area contributed by atoms with Gasteiger partial charge in [0.2, 0.25) is 0 Å². The smallest absolute Gasteiger partial charge is 0.414 e. The van der Waals surface area contributed by atoms with Crippen molar-refractivity contribution in [3.8, 4) is 0 Å². The minimum absolute atomic E-state index is 0.250. The molecule has 2 aliphatic heterocycles. The summed E-state index contributed by atoms with van der Waals surface area (Å²) in [4.78, 5) is 15.6. The van der Waals surface area contributed by atoms with Crippen LogP contribution in [0.25, 0.3) is 0 Å². The zero-order valence-corrected chi connectivity index (χ0v) is 11.8. The van der Waals surface area contributed by atoms with Crippen LogP contribution in [0.1, 0.15) is 12.8 Å². The van der Waals surface area contributed by atoms with Crippen molar-refractivity contribution in [2.75, 3.05) is 43.5 Å². The molecule has 5 nitrogen and oxygen atoms in total. The summed E-state index contributed by atoms with van der Waals surface area (Å²) in [6.07, 6.45) is 2.17. The van der Waals surface area contributed by atoms with Crippen molar-refractivity contribution in [1.29, 1.82) is 0 Å². The third kappa shape index (κ3) is 2.88. The van der Waals surface area contributed by atoms with Gasteiger partial charge in [-0.2, -0.15) is 0 Å². The average molecular weight is 275 g/mol. The van der Waals surface area contributed by atoms with Crippen molar-refractivity contribution in [3.63, 3.8) is 0 Å². The lowest BCUT2D eigenvalue weighted by Gasteiger charge is -2.31. The first-order valence-corrected chi connectivity index (χ1v) is 7.22. The molecule has 1 unspecified atom stereocenters. The number of likely N-dealkylation sites (N-methyl/N-ethyl adjacent to an activating group) is 1. The molecule has 0 saturated carbocycles. The lowest BCUT2D eigenvalue weighted by atomic mass is 10.1. The number of ether oxygens (including phenoxy) is 1. The molecule has 1 N–H and O–H groups in total. The Kier molecular flexibility index (Phi) is 3.78. The molecule has 1 atom stereocenters. The highest BCUT2D eigenvalue weighted by Crippen LogP contribution is 2.24. The molecule has 1 aromatic carbocycles. The van der Waals surface area contributed by atoms with Crippen LogP contribution in [0.4, 0.5) is 16.2 Å². The van der Waals surface area contributed by atoms with Crippen LogP contribution in [-0.2, 0) is 4.74 Å². The monoisotopic (exact) mass is 275 g/mol. The third-order valence-corrected chi connectivity index (χ3v) is 3.91. The molecular weight excluding hydrogens is 254 g/mol. The fourth-order valence-corrected chi connectivity index (χ4v) is 2.91. The van der Waals surface area contributed by atoms with Crippen LogP contribution >= 0.6 is 0 Å². The number of likely N-dealkylation sites (tertiary alicyclic amines) is 1. The Balaban J connectivity index is 1.69. The van der Waals surface area contributed by atoms with Gasteiger partial charge in [-0.05, 0) is 44.6 Å². The highest BCUT2D eigenvalue weighted by Gasteiger charge is 2.24. The number of hydrogen-bond donors (Lipinski definition) is 1. The maximum Gasteiger partial charge on any atom is 0.414 e. The molecule has 5 heteroatoms. The van der Waals surface area contributed by atoms with Crippen LogP contribution in [0.3, 0.4) is 0 Å². The Labute approximate surface area is 119 Å². The average Bonchev–Trinajstić information content (AvgIpc) is 2.85. The summed E-state index contributed by atoms with van der Waals surface area (Å²) in [5.41, 5.74) is 1.98. The van der Waals surface area contributed by atoms with Gasteiger partial charge in [-0.15, -0.1) is 0 Å². The van der Waals surface area contributed by atoms with Gasteiger partial charge in [0, 0.05) is 24.0 Å². The number of anilines is 2. The van der Waals surface area contributed by atoms with Crippen LogP contribution < -0.4 is 10.2 Å². The molecule has 1 amide bonds. The largest absolute Gasteiger partial charge is 0.447 e. The summed E-state index contributed by atoms with van der Waals surface area (Å²) in [6.45, 7) is 3.35. The fourth-order valence-electron chi connectivity index (χ4n) is 2.91. The molecule has 20 heavy (non-hydrogen) atoms. The third-order valence-electron chi connectivity index (χ3n) is 3.91. The van der Waals surface area contributed by atoms with Crippen molar-refractivity contribution in [3.05, 3.63) is 24.3 Å². The van der Waals surface area contributed by atoms with Gasteiger partial charge in [0.25, 0.3) is 0 Å². The highest BCUT2D eigenvalue weighted by molar-refractivity contribution is 5.89. The van der Waals surface area contributed by atoms with E-state index >= 15 is 0 Å². The predicted octanol–water partition coefficient (Wildman–Crippen LogP) is 2.15. The van der Waals surface area contributed by atoms with Crippen molar-refractivity contribution in [2.45, 2.75) is 18.9 Å². The number of benzene rings is 1.